The number of amides is 1. The fourth-order valence-electron chi connectivity index (χ4n) is 2.45. The third-order valence-corrected chi connectivity index (χ3v) is 3.56. The molecule has 0 bridgehead atoms. The third kappa shape index (κ3) is 5.70. The lowest BCUT2D eigenvalue weighted by Crippen LogP contribution is -2.24. The van der Waals surface area contributed by atoms with Crippen molar-refractivity contribution in [2.24, 2.45) is 5.10 Å². The average Bonchev–Trinajstić information content (AvgIpc) is 2.62. The van der Waals surface area contributed by atoms with Crippen molar-refractivity contribution in [1.82, 2.24) is 5.43 Å². The molecule has 0 saturated carbocycles. The number of nitrogens with one attached hydrogen (secondary N) is 1. The molecule has 1 amide bonds. The molecule has 0 aliphatic carbocycles. The van der Waals surface area contributed by atoms with Gasteiger partial charge in [0.1, 0.15) is 5.75 Å². The first-order chi connectivity index (χ1) is 13.3. The maximum Gasteiger partial charge on any atom is 0.277 e. The van der Waals surface area contributed by atoms with E-state index in [0.29, 0.717) is 5.75 Å². The minimum Gasteiger partial charge on any atom is -0.504 e. The number of carbonyl (C=O) groups is 1. The zero-order valence-corrected chi connectivity index (χ0v) is 15.8. The van der Waals surface area contributed by atoms with Gasteiger partial charge in [0.15, 0.2) is 18.1 Å². The molecule has 2 rings (SSSR count). The number of nitro benzene ring substituents is 1. The summed E-state index contributed by atoms with van der Waals surface area (Å²) in [5, 5.41) is 24.8. The van der Waals surface area contributed by atoms with E-state index in [2.05, 4.69) is 10.5 Å². The van der Waals surface area contributed by atoms with E-state index in [1.54, 1.807) is 19.1 Å². The van der Waals surface area contributed by atoms with Crippen LogP contribution in [0.15, 0.2) is 35.4 Å². The first-order valence-electron chi connectivity index (χ1n) is 8.47. The third-order valence-electron chi connectivity index (χ3n) is 3.56. The minimum atomic E-state index is -0.616. The van der Waals surface area contributed by atoms with Crippen LogP contribution in [0.25, 0.3) is 0 Å². The number of nitrogens with zero attached hydrogens (tertiary/aromatic N) is 2. The Hall–Kier alpha value is -3.62. The highest BCUT2D eigenvalue weighted by Crippen LogP contribution is 2.33. The van der Waals surface area contributed by atoms with Crippen molar-refractivity contribution in [2.75, 3.05) is 13.2 Å². The molecule has 0 heterocycles. The maximum absolute atomic E-state index is 11.9. The number of phenolic OH excluding ortho intramolecular Hbond substituents is 1. The van der Waals surface area contributed by atoms with E-state index in [1.165, 1.54) is 0 Å². The van der Waals surface area contributed by atoms with Crippen molar-refractivity contribution in [2.45, 2.75) is 20.8 Å². The zero-order chi connectivity index (χ0) is 20.7. The smallest absolute Gasteiger partial charge is 0.277 e. The van der Waals surface area contributed by atoms with E-state index in [1.807, 2.05) is 19.9 Å². The molecule has 2 N–H and O–H groups in total. The SMILES string of the molecule is CCOc1cc([N+](=O)[O-])cc(/C=N\NC(=O)COc2cc(C)cc(C)c2)c1O. The number of aryl methyl sites for hydroxylation is 2. The van der Waals surface area contributed by atoms with Crippen LogP contribution in [0.3, 0.4) is 0 Å². The van der Waals surface area contributed by atoms with E-state index >= 15 is 0 Å². The number of rotatable bonds is 8. The summed E-state index contributed by atoms with van der Waals surface area (Å²) >= 11 is 0. The van der Waals surface area contributed by atoms with Crippen LogP contribution in [0.1, 0.15) is 23.6 Å². The van der Waals surface area contributed by atoms with Gasteiger partial charge >= 0.3 is 0 Å². The molecule has 28 heavy (non-hydrogen) atoms. The lowest BCUT2D eigenvalue weighted by atomic mass is 10.1. The summed E-state index contributed by atoms with van der Waals surface area (Å²) in [5.41, 5.74) is 4.03. The summed E-state index contributed by atoms with van der Waals surface area (Å²) in [7, 11) is 0. The maximum atomic E-state index is 11.9. The van der Waals surface area contributed by atoms with Crippen LogP contribution in [0, 0.1) is 24.0 Å². The summed E-state index contributed by atoms with van der Waals surface area (Å²) in [6.45, 7) is 5.49. The Kier molecular flexibility index (Phi) is 6.91. The van der Waals surface area contributed by atoms with Crippen LogP contribution in [0.5, 0.6) is 17.2 Å². The summed E-state index contributed by atoms with van der Waals surface area (Å²) in [6, 6.07) is 7.84. The number of phenols is 1. The van der Waals surface area contributed by atoms with Crippen LogP contribution < -0.4 is 14.9 Å². The van der Waals surface area contributed by atoms with Crippen LogP contribution in [-0.2, 0) is 4.79 Å². The standard InChI is InChI=1S/C19H21N3O6/c1-4-27-17-9-15(22(25)26)8-14(19(17)24)10-20-21-18(23)11-28-16-6-12(2)5-13(3)7-16/h5-10,24H,4,11H2,1-3H3,(H,21,23)/b20-10-. The molecule has 2 aromatic carbocycles. The van der Waals surface area contributed by atoms with Crippen LogP contribution in [0.2, 0.25) is 0 Å². The van der Waals surface area contributed by atoms with Crippen molar-refractivity contribution in [3.8, 4) is 17.2 Å². The quantitative estimate of drug-likeness (QED) is 0.408. The molecule has 0 atom stereocenters. The van der Waals surface area contributed by atoms with Crippen LogP contribution >= 0.6 is 0 Å². The monoisotopic (exact) mass is 387 g/mol. The van der Waals surface area contributed by atoms with Gasteiger partial charge < -0.3 is 14.6 Å². The summed E-state index contributed by atoms with van der Waals surface area (Å²) in [5.74, 6) is -0.306. The fraction of sp³-hybridized carbons (Fsp3) is 0.263. The summed E-state index contributed by atoms with van der Waals surface area (Å²) in [4.78, 5) is 22.3. The highest BCUT2D eigenvalue weighted by molar-refractivity contribution is 5.87. The number of carbonyl (C=O) groups excluding carboxylic acids is 1. The molecule has 0 aliphatic rings. The van der Waals surface area contributed by atoms with Gasteiger partial charge in [-0.1, -0.05) is 6.07 Å². The summed E-state index contributed by atoms with van der Waals surface area (Å²) in [6.07, 6.45) is 1.10. The number of non-ortho nitro benzene ring substituents is 1. The van der Waals surface area contributed by atoms with Gasteiger partial charge in [0, 0.05) is 11.6 Å². The molecule has 0 spiro atoms. The van der Waals surface area contributed by atoms with Crippen LogP contribution in [-0.4, -0.2) is 35.4 Å². The number of ether oxygens (including phenoxy) is 2. The largest absolute Gasteiger partial charge is 0.504 e. The van der Waals surface area contributed by atoms with Gasteiger partial charge in [0.2, 0.25) is 0 Å². The average molecular weight is 387 g/mol. The number of hydrogen-bond donors (Lipinski definition) is 2. The minimum absolute atomic E-state index is 0.0353. The molecule has 0 aromatic heterocycles. The molecule has 148 valence electrons. The molecule has 0 aliphatic heterocycles. The molecule has 2 aromatic rings. The van der Waals surface area contributed by atoms with E-state index in [9.17, 15) is 20.0 Å². The van der Waals surface area contributed by atoms with E-state index in [4.69, 9.17) is 9.47 Å². The number of nitro groups is 1. The number of hydrazone groups is 1. The van der Waals surface area contributed by atoms with Gasteiger partial charge in [-0.05, 0) is 44.0 Å². The fourth-order valence-corrected chi connectivity index (χ4v) is 2.45. The molecular weight excluding hydrogens is 366 g/mol. The Bertz CT molecular complexity index is 891. The molecule has 0 radical (unpaired) electrons. The Labute approximate surface area is 161 Å². The van der Waals surface area contributed by atoms with Gasteiger partial charge in [0.05, 0.1) is 23.8 Å². The van der Waals surface area contributed by atoms with E-state index in [0.717, 1.165) is 29.5 Å². The van der Waals surface area contributed by atoms with Crippen molar-refractivity contribution in [3.63, 3.8) is 0 Å². The van der Waals surface area contributed by atoms with E-state index in [-0.39, 0.29) is 36.0 Å². The molecule has 9 heteroatoms. The van der Waals surface area contributed by atoms with Gasteiger partial charge in [0.25, 0.3) is 11.6 Å². The van der Waals surface area contributed by atoms with Gasteiger partial charge in [-0.2, -0.15) is 5.10 Å². The van der Waals surface area contributed by atoms with Gasteiger partial charge in [-0.15, -0.1) is 0 Å². The van der Waals surface area contributed by atoms with Gasteiger partial charge in [-0.25, -0.2) is 5.43 Å². The number of aromatic hydroxyl groups is 1. The number of benzene rings is 2. The van der Waals surface area contributed by atoms with Crippen LogP contribution in [0.4, 0.5) is 5.69 Å². The summed E-state index contributed by atoms with van der Waals surface area (Å²) < 4.78 is 10.6. The predicted molar refractivity (Wildman–Crippen MR) is 103 cm³/mol. The zero-order valence-electron chi connectivity index (χ0n) is 15.8. The molecule has 0 saturated heterocycles. The first kappa shape index (κ1) is 20.7. The predicted octanol–water partition coefficient (Wildman–Crippen LogP) is 2.85. The highest BCUT2D eigenvalue weighted by Gasteiger charge is 2.16. The normalized spacial score (nSPS) is 10.7. The van der Waals surface area contributed by atoms with Crippen molar-refractivity contribution < 1.29 is 24.3 Å². The topological polar surface area (TPSA) is 123 Å². The van der Waals surface area contributed by atoms with Crippen molar-refractivity contribution in [1.29, 1.82) is 0 Å². The van der Waals surface area contributed by atoms with Crippen molar-refractivity contribution >= 4 is 17.8 Å². The molecular formula is C19H21N3O6. The first-order valence-corrected chi connectivity index (χ1v) is 8.47. The Balaban J connectivity index is 2.03. The molecule has 0 unspecified atom stereocenters. The second-order valence-corrected chi connectivity index (χ2v) is 5.98. The van der Waals surface area contributed by atoms with Crippen molar-refractivity contribution in [3.05, 3.63) is 57.1 Å². The second kappa shape index (κ2) is 9.36. The Morgan fingerprint density at radius 3 is 2.50 bits per heavy atom. The Morgan fingerprint density at radius 2 is 1.89 bits per heavy atom. The number of hydrogen-bond acceptors (Lipinski definition) is 7. The Morgan fingerprint density at radius 1 is 1.21 bits per heavy atom. The van der Waals surface area contributed by atoms with Gasteiger partial charge in [-0.3, -0.25) is 14.9 Å². The lowest BCUT2D eigenvalue weighted by molar-refractivity contribution is -0.385. The highest BCUT2D eigenvalue weighted by atomic mass is 16.6. The molecule has 9 nitrogen and oxygen atoms in total. The molecule has 0 fully saturated rings. The van der Waals surface area contributed by atoms with E-state index < -0.39 is 10.8 Å². The second-order valence-electron chi connectivity index (χ2n) is 5.98. The lowest BCUT2D eigenvalue weighted by Gasteiger charge is -2.08.